The highest BCUT2D eigenvalue weighted by Gasteiger charge is 2.31. The summed E-state index contributed by atoms with van der Waals surface area (Å²) in [6.45, 7) is 0.801. The lowest BCUT2D eigenvalue weighted by Gasteiger charge is -2.23. The van der Waals surface area contributed by atoms with Crippen molar-refractivity contribution in [2.24, 2.45) is 7.05 Å². The van der Waals surface area contributed by atoms with E-state index in [0.29, 0.717) is 5.69 Å². The smallest absolute Gasteiger partial charge is 0.270 e. The number of aromatic nitrogens is 3. The highest BCUT2D eigenvalue weighted by Crippen LogP contribution is 2.32. The number of likely N-dealkylation sites (tertiary alicyclic amines) is 1. The highest BCUT2D eigenvalue weighted by atomic mass is 79.9. The third kappa shape index (κ3) is 2.32. The third-order valence-electron chi connectivity index (χ3n) is 3.50. The largest absolute Gasteiger partial charge is 0.356 e. The van der Waals surface area contributed by atoms with Crippen LogP contribution in [-0.2, 0) is 7.05 Å². The van der Waals surface area contributed by atoms with Crippen molar-refractivity contribution in [3.8, 4) is 0 Å². The second kappa shape index (κ2) is 4.85. The predicted molar refractivity (Wildman–Crippen MR) is 74.7 cm³/mol. The molecule has 0 radical (unpaired) electrons. The molecule has 1 saturated heterocycles. The summed E-state index contributed by atoms with van der Waals surface area (Å²) in [5.41, 5.74) is 1.74. The Kier molecular flexibility index (Phi) is 3.18. The van der Waals surface area contributed by atoms with E-state index in [-0.39, 0.29) is 11.9 Å². The summed E-state index contributed by atoms with van der Waals surface area (Å²) in [5, 5.41) is 4.20. The number of aromatic amines is 1. The molecule has 5 nitrogen and oxygen atoms in total. The van der Waals surface area contributed by atoms with E-state index in [4.69, 9.17) is 0 Å². The zero-order chi connectivity index (χ0) is 13.4. The van der Waals surface area contributed by atoms with E-state index in [0.717, 1.165) is 29.4 Å². The summed E-state index contributed by atoms with van der Waals surface area (Å²) < 4.78 is 2.68. The first-order chi connectivity index (χ1) is 9.15. The van der Waals surface area contributed by atoms with Gasteiger partial charge in [-0.1, -0.05) is 0 Å². The molecule has 1 unspecified atom stereocenters. The first-order valence-corrected chi connectivity index (χ1v) is 7.08. The minimum absolute atomic E-state index is 0.0528. The third-order valence-corrected chi connectivity index (χ3v) is 3.96. The van der Waals surface area contributed by atoms with E-state index in [1.165, 1.54) is 0 Å². The molecule has 0 saturated carbocycles. The van der Waals surface area contributed by atoms with Crippen molar-refractivity contribution >= 4 is 21.8 Å². The number of amides is 1. The number of nitrogens with zero attached hydrogens (tertiary/aromatic N) is 3. The van der Waals surface area contributed by atoms with Crippen LogP contribution < -0.4 is 0 Å². The molecule has 19 heavy (non-hydrogen) atoms. The predicted octanol–water partition coefficient (Wildman–Crippen LogP) is 2.49. The summed E-state index contributed by atoms with van der Waals surface area (Å²) >= 11 is 3.36. The maximum absolute atomic E-state index is 12.5. The Balaban J connectivity index is 1.85. The normalized spacial score (nSPS) is 19.1. The van der Waals surface area contributed by atoms with Crippen molar-refractivity contribution in [1.29, 1.82) is 0 Å². The molecule has 0 aromatic carbocycles. The van der Waals surface area contributed by atoms with Crippen molar-refractivity contribution in [2.75, 3.05) is 6.54 Å². The molecule has 0 spiro atoms. The Hall–Kier alpha value is -1.56. The second-order valence-corrected chi connectivity index (χ2v) is 5.75. The van der Waals surface area contributed by atoms with Gasteiger partial charge in [0.25, 0.3) is 5.91 Å². The first kappa shape index (κ1) is 12.5. The van der Waals surface area contributed by atoms with Gasteiger partial charge in [0.15, 0.2) is 0 Å². The molecule has 1 N–H and O–H groups in total. The zero-order valence-corrected chi connectivity index (χ0v) is 12.2. The number of H-pyrrole nitrogens is 1. The van der Waals surface area contributed by atoms with Gasteiger partial charge in [0.05, 0.1) is 12.2 Å². The van der Waals surface area contributed by atoms with E-state index in [1.807, 2.05) is 30.4 Å². The van der Waals surface area contributed by atoms with Crippen molar-refractivity contribution < 1.29 is 4.79 Å². The average molecular weight is 323 g/mol. The maximum atomic E-state index is 12.5. The van der Waals surface area contributed by atoms with Gasteiger partial charge >= 0.3 is 0 Å². The molecule has 2 aromatic heterocycles. The van der Waals surface area contributed by atoms with Crippen LogP contribution in [0.15, 0.2) is 29.1 Å². The summed E-state index contributed by atoms with van der Waals surface area (Å²) in [6, 6.07) is 1.96. The number of carbonyl (C=O) groups excluding carboxylic acids is 1. The molecule has 100 valence electrons. The molecule has 0 aliphatic carbocycles. The molecule has 1 fully saturated rings. The van der Waals surface area contributed by atoms with Crippen LogP contribution in [0.25, 0.3) is 0 Å². The first-order valence-electron chi connectivity index (χ1n) is 6.28. The molecule has 3 rings (SSSR count). The van der Waals surface area contributed by atoms with Gasteiger partial charge < -0.3 is 9.88 Å². The van der Waals surface area contributed by atoms with Crippen LogP contribution in [-0.4, -0.2) is 32.1 Å². The number of hydrogen-bond acceptors (Lipinski definition) is 2. The summed E-state index contributed by atoms with van der Waals surface area (Å²) in [4.78, 5) is 17.4. The summed E-state index contributed by atoms with van der Waals surface area (Å²) in [7, 11) is 1.90. The van der Waals surface area contributed by atoms with E-state index in [9.17, 15) is 4.79 Å². The summed E-state index contributed by atoms with van der Waals surface area (Å²) in [6.07, 6.45) is 7.65. The highest BCUT2D eigenvalue weighted by molar-refractivity contribution is 9.10. The van der Waals surface area contributed by atoms with Gasteiger partial charge in [-0.15, -0.1) is 0 Å². The fourth-order valence-corrected chi connectivity index (χ4v) is 2.96. The summed E-state index contributed by atoms with van der Waals surface area (Å²) in [5.74, 6) is 0.0528. The molecule has 6 heteroatoms. The second-order valence-electron chi connectivity index (χ2n) is 4.84. The lowest BCUT2D eigenvalue weighted by Crippen LogP contribution is -2.30. The SMILES string of the molecule is Cn1cc(C2CCCN2C(=O)c2cc(Br)c[nH]2)cn1. The van der Waals surface area contributed by atoms with Crippen LogP contribution in [0.3, 0.4) is 0 Å². The Morgan fingerprint density at radius 3 is 3.05 bits per heavy atom. The Morgan fingerprint density at radius 1 is 1.58 bits per heavy atom. The molecular formula is C13H15BrN4O. The number of halogens is 1. The van der Waals surface area contributed by atoms with E-state index >= 15 is 0 Å². The van der Waals surface area contributed by atoms with Crippen molar-refractivity contribution in [3.63, 3.8) is 0 Å². The topological polar surface area (TPSA) is 53.9 Å². The van der Waals surface area contributed by atoms with Gasteiger partial charge in [-0.05, 0) is 34.8 Å². The molecule has 1 amide bonds. The van der Waals surface area contributed by atoms with Crippen LogP contribution in [0.4, 0.5) is 0 Å². The van der Waals surface area contributed by atoms with Crippen LogP contribution in [0.5, 0.6) is 0 Å². The lowest BCUT2D eigenvalue weighted by atomic mass is 10.1. The number of nitrogens with one attached hydrogen (secondary N) is 1. The monoisotopic (exact) mass is 322 g/mol. The van der Waals surface area contributed by atoms with Gasteiger partial charge in [-0.2, -0.15) is 5.10 Å². The molecule has 1 atom stereocenters. The Bertz CT molecular complexity index is 603. The number of aryl methyl sites for hydroxylation is 1. The molecule has 3 heterocycles. The molecule has 1 aliphatic heterocycles. The van der Waals surface area contributed by atoms with E-state index in [2.05, 4.69) is 26.0 Å². The van der Waals surface area contributed by atoms with E-state index in [1.54, 1.807) is 10.9 Å². The quantitative estimate of drug-likeness (QED) is 0.923. The van der Waals surface area contributed by atoms with Crippen LogP contribution >= 0.6 is 15.9 Å². The van der Waals surface area contributed by atoms with Crippen molar-refractivity contribution in [2.45, 2.75) is 18.9 Å². The Morgan fingerprint density at radius 2 is 2.42 bits per heavy atom. The maximum Gasteiger partial charge on any atom is 0.270 e. The van der Waals surface area contributed by atoms with Gasteiger partial charge in [0, 0.05) is 36.0 Å². The number of rotatable bonds is 2. The van der Waals surface area contributed by atoms with Crippen LogP contribution in [0.1, 0.15) is 34.9 Å². The van der Waals surface area contributed by atoms with Gasteiger partial charge in [-0.3, -0.25) is 9.48 Å². The van der Waals surface area contributed by atoms with Crippen molar-refractivity contribution in [3.05, 3.63) is 40.4 Å². The molecule has 1 aliphatic rings. The zero-order valence-electron chi connectivity index (χ0n) is 10.6. The minimum Gasteiger partial charge on any atom is -0.356 e. The lowest BCUT2D eigenvalue weighted by molar-refractivity contribution is 0.0730. The fourth-order valence-electron chi connectivity index (χ4n) is 2.61. The number of hydrogen-bond donors (Lipinski definition) is 1. The van der Waals surface area contributed by atoms with Gasteiger partial charge in [-0.25, -0.2) is 0 Å². The minimum atomic E-state index is 0.0528. The van der Waals surface area contributed by atoms with Gasteiger partial charge in [0.1, 0.15) is 5.69 Å². The van der Waals surface area contributed by atoms with Crippen molar-refractivity contribution in [1.82, 2.24) is 19.7 Å². The Labute approximate surface area is 119 Å². The molecular weight excluding hydrogens is 308 g/mol. The molecule has 0 bridgehead atoms. The van der Waals surface area contributed by atoms with Crippen LogP contribution in [0, 0.1) is 0 Å². The number of carbonyl (C=O) groups is 1. The standard InChI is InChI=1S/C13H15BrN4O/c1-17-8-9(6-16-17)12-3-2-4-18(12)13(19)11-5-10(14)7-15-11/h5-8,12,15H,2-4H2,1H3. The fraction of sp³-hybridized carbons (Fsp3) is 0.385. The molecule has 2 aromatic rings. The van der Waals surface area contributed by atoms with Crippen LogP contribution in [0.2, 0.25) is 0 Å². The average Bonchev–Trinajstić information content (AvgIpc) is 3.07. The van der Waals surface area contributed by atoms with Gasteiger partial charge in [0.2, 0.25) is 0 Å². The van der Waals surface area contributed by atoms with E-state index < -0.39 is 0 Å².